The molecule has 7 heteroatoms. The molecule has 0 fully saturated rings. The Labute approximate surface area is 88.3 Å². The van der Waals surface area contributed by atoms with Crippen LogP contribution in [0.4, 0.5) is 13.2 Å². The van der Waals surface area contributed by atoms with Gasteiger partial charge in [-0.1, -0.05) is 0 Å². The second-order valence-corrected chi connectivity index (χ2v) is 3.11. The third-order valence-electron chi connectivity index (χ3n) is 1.26. The molecule has 0 saturated heterocycles. The molecule has 0 atom stereocenters. The first-order chi connectivity index (χ1) is 7.01. The smallest absolute Gasteiger partial charge is 0.406 e. The van der Waals surface area contributed by atoms with Gasteiger partial charge in [-0.3, -0.25) is 0 Å². The van der Waals surface area contributed by atoms with Crippen molar-refractivity contribution in [3.8, 4) is 5.75 Å². The van der Waals surface area contributed by atoms with E-state index in [-0.39, 0.29) is 5.75 Å². The van der Waals surface area contributed by atoms with Crippen LogP contribution in [-0.4, -0.2) is 13.5 Å². The number of ether oxygens (including phenoxy) is 1. The van der Waals surface area contributed by atoms with E-state index in [1.54, 1.807) is 0 Å². The fourth-order valence-electron chi connectivity index (χ4n) is 0.770. The minimum Gasteiger partial charge on any atom is -0.406 e. The second-order valence-electron chi connectivity index (χ2n) is 2.34. The summed E-state index contributed by atoms with van der Waals surface area (Å²) in [6, 6.07) is 5.22. The van der Waals surface area contributed by atoms with Crippen LogP contribution in [0.1, 0.15) is 0 Å². The fourth-order valence-corrected chi connectivity index (χ4v) is 1.16. The Morgan fingerprint density at radius 3 is 2.20 bits per heavy atom. The van der Waals surface area contributed by atoms with Crippen molar-refractivity contribution in [3.63, 3.8) is 0 Å². The highest BCUT2D eigenvalue weighted by atomic mass is 32.2. The van der Waals surface area contributed by atoms with E-state index in [0.29, 0.717) is 4.90 Å². The number of rotatable bonds is 4. The van der Waals surface area contributed by atoms with Crippen molar-refractivity contribution in [2.75, 3.05) is 7.11 Å². The van der Waals surface area contributed by atoms with Gasteiger partial charge in [0.05, 0.1) is 19.2 Å². The zero-order valence-corrected chi connectivity index (χ0v) is 8.39. The Kier molecular flexibility index (Phi) is 4.25. The van der Waals surface area contributed by atoms with E-state index in [1.807, 2.05) is 0 Å². The molecule has 0 aliphatic rings. The molecule has 0 aliphatic carbocycles. The summed E-state index contributed by atoms with van der Waals surface area (Å²) < 4.78 is 43.5. The normalized spacial score (nSPS) is 11.5. The first-order valence-corrected chi connectivity index (χ1v) is 4.48. The van der Waals surface area contributed by atoms with Gasteiger partial charge in [0.2, 0.25) is 0 Å². The third kappa shape index (κ3) is 4.91. The third-order valence-corrected chi connectivity index (χ3v) is 1.92. The highest BCUT2D eigenvalue weighted by Crippen LogP contribution is 2.26. The topological polar surface area (TPSA) is 27.7 Å². The average molecular weight is 240 g/mol. The summed E-state index contributed by atoms with van der Waals surface area (Å²) in [5.74, 6) is -0.274. The summed E-state index contributed by atoms with van der Waals surface area (Å²) in [4.78, 5) is 4.91. The average Bonchev–Trinajstić information content (AvgIpc) is 2.14. The minimum absolute atomic E-state index is 0.274. The Balaban J connectivity index is 2.56. The van der Waals surface area contributed by atoms with Crippen molar-refractivity contribution < 1.29 is 27.1 Å². The highest BCUT2D eigenvalue weighted by molar-refractivity contribution is 7.94. The number of benzene rings is 1. The van der Waals surface area contributed by atoms with E-state index in [0.717, 1.165) is 12.0 Å². The van der Waals surface area contributed by atoms with Crippen molar-refractivity contribution in [1.82, 2.24) is 0 Å². The van der Waals surface area contributed by atoms with Crippen molar-refractivity contribution >= 4 is 12.0 Å². The van der Waals surface area contributed by atoms with Crippen LogP contribution in [0, 0.1) is 0 Å². The number of hydrogen-bond donors (Lipinski definition) is 0. The van der Waals surface area contributed by atoms with Gasteiger partial charge in [0, 0.05) is 4.90 Å². The van der Waals surface area contributed by atoms with Gasteiger partial charge in [-0.05, 0) is 24.3 Å². The van der Waals surface area contributed by atoms with Gasteiger partial charge in [0.25, 0.3) is 0 Å². The van der Waals surface area contributed by atoms with Crippen LogP contribution < -0.4 is 4.74 Å². The quantitative estimate of drug-likeness (QED) is 0.459. The maximum absolute atomic E-state index is 11.8. The lowest BCUT2D eigenvalue weighted by molar-refractivity contribution is -0.274. The Bertz CT molecular complexity index is 299. The van der Waals surface area contributed by atoms with E-state index in [9.17, 15) is 13.2 Å². The van der Waals surface area contributed by atoms with Crippen LogP contribution in [-0.2, 0) is 9.22 Å². The zero-order valence-electron chi connectivity index (χ0n) is 7.58. The van der Waals surface area contributed by atoms with E-state index in [1.165, 1.54) is 31.4 Å². The summed E-state index contributed by atoms with van der Waals surface area (Å²) in [5.41, 5.74) is 0. The predicted octanol–water partition coefficient (Wildman–Crippen LogP) is 3.17. The first-order valence-electron chi connectivity index (χ1n) is 3.74. The van der Waals surface area contributed by atoms with Gasteiger partial charge in [-0.15, -0.1) is 13.2 Å². The molecule has 1 rings (SSSR count). The molecule has 0 spiro atoms. The maximum Gasteiger partial charge on any atom is 0.573 e. The second kappa shape index (κ2) is 5.24. The minimum atomic E-state index is -4.67. The van der Waals surface area contributed by atoms with E-state index < -0.39 is 6.36 Å². The van der Waals surface area contributed by atoms with Gasteiger partial charge in [0.1, 0.15) is 5.75 Å². The Morgan fingerprint density at radius 1 is 1.13 bits per heavy atom. The van der Waals surface area contributed by atoms with Crippen LogP contribution in [0.5, 0.6) is 5.75 Å². The molecule has 1 aromatic rings. The van der Waals surface area contributed by atoms with E-state index in [2.05, 4.69) is 14.0 Å². The lowest BCUT2D eigenvalue weighted by Crippen LogP contribution is -2.16. The molecular formula is C8H7F3O3S. The van der Waals surface area contributed by atoms with Crippen LogP contribution in [0.3, 0.4) is 0 Å². The molecule has 3 nitrogen and oxygen atoms in total. The molecule has 0 aliphatic heterocycles. The predicted molar refractivity (Wildman–Crippen MR) is 47.1 cm³/mol. The largest absolute Gasteiger partial charge is 0.573 e. The molecule has 0 unspecified atom stereocenters. The Morgan fingerprint density at radius 2 is 1.73 bits per heavy atom. The summed E-state index contributed by atoms with van der Waals surface area (Å²) in [7, 11) is 1.33. The summed E-state index contributed by atoms with van der Waals surface area (Å²) in [6.07, 6.45) is -4.67. The monoisotopic (exact) mass is 240 g/mol. The van der Waals surface area contributed by atoms with Gasteiger partial charge < -0.3 is 4.74 Å². The van der Waals surface area contributed by atoms with Crippen LogP contribution in [0.15, 0.2) is 29.2 Å². The number of hydrogen-bond acceptors (Lipinski definition) is 4. The summed E-state index contributed by atoms with van der Waals surface area (Å²) in [5, 5.41) is 0. The molecule has 0 aromatic heterocycles. The maximum atomic E-state index is 11.8. The van der Waals surface area contributed by atoms with Gasteiger partial charge in [0.15, 0.2) is 0 Å². The van der Waals surface area contributed by atoms with Crippen molar-refractivity contribution in [2.45, 2.75) is 11.3 Å². The lowest BCUT2D eigenvalue weighted by Gasteiger charge is -2.08. The number of alkyl halides is 3. The molecule has 0 heterocycles. The van der Waals surface area contributed by atoms with E-state index in [4.69, 9.17) is 0 Å². The first kappa shape index (κ1) is 12.2. The molecule has 0 N–H and O–H groups in total. The van der Waals surface area contributed by atoms with Crippen LogP contribution in [0.2, 0.25) is 0 Å². The molecule has 0 bridgehead atoms. The molecule has 0 radical (unpaired) electrons. The van der Waals surface area contributed by atoms with Gasteiger partial charge in [-0.25, -0.2) is 4.89 Å². The molecule has 84 valence electrons. The summed E-state index contributed by atoms with van der Waals surface area (Å²) in [6.45, 7) is 0. The Hall–Kier alpha value is -0.920. The standard InChI is InChI=1S/C8H7F3O3S/c1-12-14-15-7-4-2-6(3-5-7)13-8(9,10)11/h2-5H,1H3. The summed E-state index contributed by atoms with van der Waals surface area (Å²) >= 11 is 0.888. The van der Waals surface area contributed by atoms with E-state index >= 15 is 0 Å². The van der Waals surface area contributed by atoms with Gasteiger partial charge >= 0.3 is 6.36 Å². The van der Waals surface area contributed by atoms with Crippen molar-refractivity contribution in [1.29, 1.82) is 0 Å². The fraction of sp³-hybridized carbons (Fsp3) is 0.250. The molecule has 1 aromatic carbocycles. The lowest BCUT2D eigenvalue weighted by atomic mass is 10.3. The molecule has 0 saturated carbocycles. The SMILES string of the molecule is COOSc1ccc(OC(F)(F)F)cc1. The molecule has 15 heavy (non-hydrogen) atoms. The van der Waals surface area contributed by atoms with Crippen molar-refractivity contribution in [2.24, 2.45) is 0 Å². The van der Waals surface area contributed by atoms with Crippen LogP contribution >= 0.6 is 12.0 Å². The molecule has 0 amide bonds. The molecular weight excluding hydrogens is 233 g/mol. The van der Waals surface area contributed by atoms with Gasteiger partial charge in [-0.2, -0.15) is 4.33 Å². The highest BCUT2D eigenvalue weighted by Gasteiger charge is 2.30. The van der Waals surface area contributed by atoms with Crippen molar-refractivity contribution in [3.05, 3.63) is 24.3 Å². The number of halogens is 3. The van der Waals surface area contributed by atoms with Crippen LogP contribution in [0.25, 0.3) is 0 Å². The zero-order chi connectivity index (χ0) is 11.3.